The molecule has 2 aromatic rings. The van der Waals surface area contributed by atoms with E-state index in [2.05, 4.69) is 45.0 Å². The average molecular weight is 270 g/mol. The molecule has 106 valence electrons. The molecule has 1 N–H and O–H groups in total. The van der Waals surface area contributed by atoms with Gasteiger partial charge < -0.3 is 9.88 Å². The van der Waals surface area contributed by atoms with Gasteiger partial charge in [-0.3, -0.25) is 4.90 Å². The quantitative estimate of drug-likeness (QED) is 0.918. The number of benzene rings is 1. The van der Waals surface area contributed by atoms with Crippen molar-refractivity contribution in [1.29, 1.82) is 0 Å². The third-order valence-electron chi connectivity index (χ3n) is 4.01. The molecule has 0 radical (unpaired) electrons. The van der Waals surface area contributed by atoms with Gasteiger partial charge in [-0.2, -0.15) is 0 Å². The summed E-state index contributed by atoms with van der Waals surface area (Å²) < 4.78 is 2.08. The van der Waals surface area contributed by atoms with Crippen LogP contribution < -0.4 is 5.32 Å². The van der Waals surface area contributed by atoms with E-state index in [1.165, 1.54) is 16.7 Å². The minimum atomic E-state index is 0.880. The van der Waals surface area contributed by atoms with Crippen molar-refractivity contribution >= 4 is 0 Å². The molecule has 0 unspecified atom stereocenters. The number of nitrogens with zero attached hydrogens (tertiary/aromatic N) is 3. The molecular weight excluding hydrogens is 248 g/mol. The summed E-state index contributed by atoms with van der Waals surface area (Å²) in [7, 11) is 4.21. The van der Waals surface area contributed by atoms with Gasteiger partial charge in [-0.15, -0.1) is 0 Å². The lowest BCUT2D eigenvalue weighted by molar-refractivity contribution is 0.305. The predicted octanol–water partition coefficient (Wildman–Crippen LogP) is 1.70. The minimum absolute atomic E-state index is 0.880. The van der Waals surface area contributed by atoms with Crippen molar-refractivity contribution in [2.45, 2.75) is 26.1 Å². The molecule has 1 aliphatic heterocycles. The molecule has 0 saturated carbocycles. The van der Waals surface area contributed by atoms with Gasteiger partial charge in [-0.1, -0.05) is 18.2 Å². The van der Waals surface area contributed by atoms with Gasteiger partial charge in [0.25, 0.3) is 0 Å². The van der Waals surface area contributed by atoms with E-state index < -0.39 is 0 Å². The van der Waals surface area contributed by atoms with E-state index in [1.807, 2.05) is 19.4 Å². The van der Waals surface area contributed by atoms with Crippen LogP contribution in [-0.2, 0) is 33.1 Å². The number of imidazole rings is 1. The molecule has 1 aromatic heterocycles. The highest BCUT2D eigenvalue weighted by Gasteiger charge is 2.14. The van der Waals surface area contributed by atoms with Gasteiger partial charge in [0, 0.05) is 32.5 Å². The molecule has 0 atom stereocenters. The molecule has 2 heterocycles. The van der Waals surface area contributed by atoms with Crippen LogP contribution in [0.25, 0.3) is 0 Å². The molecular formula is C16H22N4. The topological polar surface area (TPSA) is 33.1 Å². The first-order chi connectivity index (χ1) is 9.74. The molecule has 0 aliphatic carbocycles. The molecule has 0 amide bonds. The highest BCUT2D eigenvalue weighted by Crippen LogP contribution is 2.20. The first-order valence-corrected chi connectivity index (χ1v) is 7.19. The van der Waals surface area contributed by atoms with Crippen molar-refractivity contribution in [3.05, 3.63) is 53.1 Å². The Morgan fingerprint density at radius 1 is 1.35 bits per heavy atom. The summed E-state index contributed by atoms with van der Waals surface area (Å²) >= 11 is 0. The Morgan fingerprint density at radius 2 is 2.25 bits per heavy atom. The zero-order valence-corrected chi connectivity index (χ0v) is 12.3. The summed E-state index contributed by atoms with van der Waals surface area (Å²) in [6.07, 6.45) is 5.00. The fourth-order valence-electron chi connectivity index (χ4n) is 2.90. The number of nitrogens with one attached hydrogen (secondary N) is 1. The Kier molecular flexibility index (Phi) is 3.85. The summed E-state index contributed by atoms with van der Waals surface area (Å²) in [6.45, 7) is 3.96. The third kappa shape index (κ3) is 2.76. The van der Waals surface area contributed by atoms with Gasteiger partial charge in [0.1, 0.15) is 5.82 Å². The van der Waals surface area contributed by atoms with Crippen molar-refractivity contribution in [3.63, 3.8) is 0 Å². The molecule has 1 aliphatic rings. The summed E-state index contributed by atoms with van der Waals surface area (Å²) in [4.78, 5) is 6.73. The standard InChI is InChI=1S/C16H22N4/c1-19(12-16-18-8-9-20(16)2)11-14-5-3-4-13-10-17-7-6-15(13)14/h3-5,8-9,17H,6-7,10-12H2,1-2H3. The summed E-state index contributed by atoms with van der Waals surface area (Å²) in [5.41, 5.74) is 4.46. The van der Waals surface area contributed by atoms with E-state index in [4.69, 9.17) is 0 Å². The van der Waals surface area contributed by atoms with Crippen LogP contribution in [0.5, 0.6) is 0 Å². The maximum atomic E-state index is 4.40. The predicted molar refractivity (Wildman–Crippen MR) is 80.2 cm³/mol. The van der Waals surface area contributed by atoms with Gasteiger partial charge in [-0.05, 0) is 36.7 Å². The van der Waals surface area contributed by atoms with Crippen molar-refractivity contribution in [3.8, 4) is 0 Å². The number of aromatic nitrogens is 2. The Morgan fingerprint density at radius 3 is 3.05 bits per heavy atom. The molecule has 0 saturated heterocycles. The van der Waals surface area contributed by atoms with E-state index in [1.54, 1.807) is 0 Å². The van der Waals surface area contributed by atoms with Crippen LogP contribution in [0.3, 0.4) is 0 Å². The van der Waals surface area contributed by atoms with Crippen LogP contribution in [-0.4, -0.2) is 28.0 Å². The molecule has 20 heavy (non-hydrogen) atoms. The van der Waals surface area contributed by atoms with Crippen LogP contribution in [0.2, 0.25) is 0 Å². The molecule has 1 aromatic carbocycles. The van der Waals surface area contributed by atoms with Gasteiger partial charge in [-0.25, -0.2) is 4.98 Å². The summed E-state index contributed by atoms with van der Waals surface area (Å²) in [5, 5.41) is 3.44. The Balaban J connectivity index is 1.73. The van der Waals surface area contributed by atoms with Crippen LogP contribution in [0, 0.1) is 0 Å². The second-order valence-electron chi connectivity index (χ2n) is 5.61. The first-order valence-electron chi connectivity index (χ1n) is 7.19. The monoisotopic (exact) mass is 270 g/mol. The Bertz CT molecular complexity index is 588. The normalized spacial score (nSPS) is 14.6. The lowest BCUT2D eigenvalue weighted by atomic mass is 9.95. The molecule has 0 bridgehead atoms. The second kappa shape index (κ2) is 5.77. The smallest absolute Gasteiger partial charge is 0.122 e. The van der Waals surface area contributed by atoms with Gasteiger partial charge in [0.15, 0.2) is 0 Å². The zero-order valence-electron chi connectivity index (χ0n) is 12.3. The largest absolute Gasteiger partial charge is 0.337 e. The lowest BCUT2D eigenvalue weighted by Crippen LogP contribution is -2.26. The van der Waals surface area contributed by atoms with E-state index in [0.717, 1.165) is 38.4 Å². The van der Waals surface area contributed by atoms with Crippen LogP contribution >= 0.6 is 0 Å². The third-order valence-corrected chi connectivity index (χ3v) is 4.01. The molecule has 4 heteroatoms. The van der Waals surface area contributed by atoms with Crippen LogP contribution in [0.1, 0.15) is 22.5 Å². The maximum absolute atomic E-state index is 4.40. The Labute approximate surface area is 120 Å². The highest BCUT2D eigenvalue weighted by molar-refractivity contribution is 5.37. The van der Waals surface area contributed by atoms with Gasteiger partial charge >= 0.3 is 0 Å². The number of fused-ring (bicyclic) bond motifs is 1. The minimum Gasteiger partial charge on any atom is -0.337 e. The second-order valence-corrected chi connectivity index (χ2v) is 5.61. The fourth-order valence-corrected chi connectivity index (χ4v) is 2.90. The average Bonchev–Trinajstić information content (AvgIpc) is 2.85. The van der Waals surface area contributed by atoms with E-state index >= 15 is 0 Å². The van der Waals surface area contributed by atoms with Crippen LogP contribution in [0.4, 0.5) is 0 Å². The zero-order chi connectivity index (χ0) is 13.9. The maximum Gasteiger partial charge on any atom is 0.122 e. The molecule has 0 spiro atoms. The van der Waals surface area contributed by atoms with Crippen molar-refractivity contribution in [2.75, 3.05) is 13.6 Å². The van der Waals surface area contributed by atoms with Crippen molar-refractivity contribution < 1.29 is 0 Å². The molecule has 4 nitrogen and oxygen atoms in total. The highest BCUT2D eigenvalue weighted by atomic mass is 15.1. The molecule has 3 rings (SSSR count). The summed E-state index contributed by atoms with van der Waals surface area (Å²) in [5.74, 6) is 1.11. The van der Waals surface area contributed by atoms with E-state index in [-0.39, 0.29) is 0 Å². The van der Waals surface area contributed by atoms with E-state index in [9.17, 15) is 0 Å². The number of rotatable bonds is 4. The first kappa shape index (κ1) is 13.3. The SMILES string of the molecule is CN(Cc1cccc2c1CCNC2)Cc1nccn1C. The number of aryl methyl sites for hydroxylation is 1. The van der Waals surface area contributed by atoms with Crippen molar-refractivity contribution in [1.82, 2.24) is 19.8 Å². The van der Waals surface area contributed by atoms with E-state index in [0.29, 0.717) is 0 Å². The van der Waals surface area contributed by atoms with Crippen LogP contribution in [0.15, 0.2) is 30.6 Å². The number of hydrogen-bond acceptors (Lipinski definition) is 3. The molecule has 0 fully saturated rings. The van der Waals surface area contributed by atoms with Gasteiger partial charge in [0.05, 0.1) is 6.54 Å². The fraction of sp³-hybridized carbons (Fsp3) is 0.438. The number of hydrogen-bond donors (Lipinski definition) is 1. The van der Waals surface area contributed by atoms with Crippen molar-refractivity contribution in [2.24, 2.45) is 7.05 Å². The summed E-state index contributed by atoms with van der Waals surface area (Å²) in [6, 6.07) is 6.68. The lowest BCUT2D eigenvalue weighted by Gasteiger charge is -2.23. The van der Waals surface area contributed by atoms with Gasteiger partial charge in [0.2, 0.25) is 0 Å². The Hall–Kier alpha value is -1.65.